The van der Waals surface area contributed by atoms with Gasteiger partial charge in [-0.1, -0.05) is 107 Å². The van der Waals surface area contributed by atoms with Gasteiger partial charge in [-0.15, -0.1) is 0 Å². The number of nitrogens with zero attached hydrogens (tertiary/aromatic N) is 1. The SMILES string of the molecule is CCOC(=O)C1N=C(C(C)(C)CO[Si](c2ccccc2)(c2ccccc2)C(C)(C)C)SC1O. The van der Waals surface area contributed by atoms with Gasteiger partial charge >= 0.3 is 5.97 Å². The van der Waals surface area contributed by atoms with Crippen LogP contribution in [0.25, 0.3) is 0 Å². The Morgan fingerprint density at radius 3 is 1.97 bits per heavy atom. The molecule has 2 aromatic carbocycles. The summed E-state index contributed by atoms with van der Waals surface area (Å²) in [5, 5.41) is 13.5. The maximum Gasteiger partial charge on any atom is 0.334 e. The summed E-state index contributed by atoms with van der Waals surface area (Å²) >= 11 is 1.22. The van der Waals surface area contributed by atoms with E-state index < -0.39 is 31.2 Å². The zero-order chi connectivity index (χ0) is 24.3. The van der Waals surface area contributed by atoms with Crippen LogP contribution in [-0.4, -0.2) is 49.1 Å². The second kappa shape index (κ2) is 10.1. The zero-order valence-electron chi connectivity index (χ0n) is 20.4. The van der Waals surface area contributed by atoms with Gasteiger partial charge in [-0.25, -0.2) is 4.79 Å². The van der Waals surface area contributed by atoms with Crippen molar-refractivity contribution in [3.63, 3.8) is 0 Å². The monoisotopic (exact) mass is 485 g/mol. The molecule has 1 aliphatic heterocycles. The van der Waals surface area contributed by atoms with Crippen LogP contribution in [0.2, 0.25) is 5.04 Å². The smallest absolute Gasteiger partial charge is 0.334 e. The van der Waals surface area contributed by atoms with E-state index in [0.29, 0.717) is 11.7 Å². The highest BCUT2D eigenvalue weighted by molar-refractivity contribution is 8.14. The van der Waals surface area contributed by atoms with Crippen molar-refractivity contribution in [3.05, 3.63) is 60.7 Å². The predicted molar refractivity (Wildman–Crippen MR) is 139 cm³/mol. The molecule has 3 rings (SSSR count). The predicted octanol–water partition coefficient (Wildman–Crippen LogP) is 3.98. The van der Waals surface area contributed by atoms with Crippen molar-refractivity contribution in [2.75, 3.05) is 13.2 Å². The molecule has 0 bridgehead atoms. The van der Waals surface area contributed by atoms with Crippen LogP contribution in [0.15, 0.2) is 65.7 Å². The average molecular weight is 486 g/mol. The first-order valence-electron chi connectivity index (χ1n) is 11.4. The third-order valence-corrected chi connectivity index (χ3v) is 12.3. The van der Waals surface area contributed by atoms with Crippen LogP contribution in [0.4, 0.5) is 0 Å². The minimum Gasteiger partial charge on any atom is -0.464 e. The van der Waals surface area contributed by atoms with Crippen molar-refractivity contribution in [3.8, 4) is 0 Å². The molecule has 0 spiro atoms. The van der Waals surface area contributed by atoms with Crippen LogP contribution in [0.5, 0.6) is 0 Å². The maximum absolute atomic E-state index is 12.2. The van der Waals surface area contributed by atoms with E-state index in [1.54, 1.807) is 6.92 Å². The van der Waals surface area contributed by atoms with Crippen molar-refractivity contribution in [1.82, 2.24) is 0 Å². The molecule has 2 unspecified atom stereocenters. The molecule has 178 valence electrons. The van der Waals surface area contributed by atoms with Gasteiger partial charge < -0.3 is 14.3 Å². The van der Waals surface area contributed by atoms with Crippen molar-refractivity contribution < 1.29 is 19.1 Å². The minimum atomic E-state index is -2.70. The number of hydrogen-bond donors (Lipinski definition) is 1. The van der Waals surface area contributed by atoms with Crippen molar-refractivity contribution in [2.24, 2.45) is 10.4 Å². The topological polar surface area (TPSA) is 68.1 Å². The number of aliphatic hydroxyl groups is 1. The van der Waals surface area contributed by atoms with Gasteiger partial charge in [0.1, 0.15) is 5.44 Å². The van der Waals surface area contributed by atoms with Gasteiger partial charge in [-0.05, 0) is 22.3 Å². The van der Waals surface area contributed by atoms with Crippen LogP contribution < -0.4 is 10.4 Å². The van der Waals surface area contributed by atoms with E-state index in [1.165, 1.54) is 22.1 Å². The molecule has 7 heteroatoms. The quantitative estimate of drug-likeness (QED) is 0.452. The first-order valence-corrected chi connectivity index (χ1v) is 14.2. The van der Waals surface area contributed by atoms with Crippen molar-refractivity contribution >= 4 is 41.5 Å². The first-order chi connectivity index (χ1) is 15.5. The molecular weight excluding hydrogens is 450 g/mol. The highest BCUT2D eigenvalue weighted by Gasteiger charge is 2.51. The number of esters is 1. The summed E-state index contributed by atoms with van der Waals surface area (Å²) in [6.07, 6.45) is 0. The van der Waals surface area contributed by atoms with Gasteiger partial charge in [0.15, 0.2) is 6.04 Å². The second-order valence-corrected chi connectivity index (χ2v) is 15.4. The van der Waals surface area contributed by atoms with E-state index in [0.717, 1.165) is 0 Å². The Morgan fingerprint density at radius 2 is 1.52 bits per heavy atom. The van der Waals surface area contributed by atoms with E-state index in [1.807, 2.05) is 12.1 Å². The van der Waals surface area contributed by atoms with Crippen LogP contribution in [0.3, 0.4) is 0 Å². The fourth-order valence-electron chi connectivity index (χ4n) is 4.24. The fraction of sp³-hybridized carbons (Fsp3) is 0.462. The molecule has 1 N–H and O–H groups in total. The fourth-order valence-corrected chi connectivity index (χ4v) is 10.1. The highest BCUT2D eigenvalue weighted by atomic mass is 32.2. The highest BCUT2D eigenvalue weighted by Crippen LogP contribution is 2.40. The summed E-state index contributed by atoms with van der Waals surface area (Å²) in [6.45, 7) is 13.3. The van der Waals surface area contributed by atoms with Crippen LogP contribution >= 0.6 is 11.8 Å². The van der Waals surface area contributed by atoms with Crippen molar-refractivity contribution in [2.45, 2.75) is 58.1 Å². The second-order valence-electron chi connectivity index (χ2n) is 9.98. The van der Waals surface area contributed by atoms with E-state index in [9.17, 15) is 9.90 Å². The molecule has 0 amide bonds. The number of carbonyl (C=O) groups excluding carboxylic acids is 1. The molecule has 33 heavy (non-hydrogen) atoms. The molecule has 1 heterocycles. The third-order valence-electron chi connectivity index (χ3n) is 5.93. The minimum absolute atomic E-state index is 0.136. The summed E-state index contributed by atoms with van der Waals surface area (Å²) < 4.78 is 12.2. The lowest BCUT2D eigenvalue weighted by Gasteiger charge is -2.44. The summed E-state index contributed by atoms with van der Waals surface area (Å²) in [7, 11) is -2.70. The number of rotatable bonds is 8. The number of aliphatic hydroxyl groups excluding tert-OH is 1. The van der Waals surface area contributed by atoms with Gasteiger partial charge in [-0.3, -0.25) is 4.99 Å². The summed E-state index contributed by atoms with van der Waals surface area (Å²) in [6, 6.07) is 20.1. The lowest BCUT2D eigenvalue weighted by Crippen LogP contribution is -2.67. The molecule has 1 aliphatic rings. The molecule has 2 aromatic rings. The maximum atomic E-state index is 12.2. The zero-order valence-corrected chi connectivity index (χ0v) is 22.2. The normalized spacial score (nSPS) is 19.3. The number of benzene rings is 2. The van der Waals surface area contributed by atoms with Gasteiger partial charge in [-0.2, -0.15) is 0 Å². The lowest BCUT2D eigenvalue weighted by atomic mass is 9.96. The summed E-state index contributed by atoms with van der Waals surface area (Å²) in [5.74, 6) is -0.490. The molecular formula is C26H35NO4SSi. The van der Waals surface area contributed by atoms with Crippen LogP contribution in [0.1, 0.15) is 41.5 Å². The molecule has 2 atom stereocenters. The van der Waals surface area contributed by atoms with E-state index in [4.69, 9.17) is 9.16 Å². The number of carbonyl (C=O) groups is 1. The standard InChI is InChI=1S/C26H35NO4SSi/c1-7-30-22(28)21-23(29)32-24(27-21)26(5,6)18-31-33(25(2,3)4,19-14-10-8-11-15-19)20-16-12-9-13-17-20/h8-17,21,23,29H,7,18H2,1-6H3. The van der Waals surface area contributed by atoms with E-state index >= 15 is 0 Å². The number of hydrogen-bond acceptors (Lipinski definition) is 6. The Morgan fingerprint density at radius 1 is 1.00 bits per heavy atom. The van der Waals surface area contributed by atoms with Crippen LogP contribution in [-0.2, 0) is 14.0 Å². The summed E-state index contributed by atoms with van der Waals surface area (Å²) in [4.78, 5) is 16.8. The van der Waals surface area contributed by atoms with E-state index in [-0.39, 0.29) is 11.6 Å². The van der Waals surface area contributed by atoms with Crippen LogP contribution in [0, 0.1) is 5.41 Å². The Balaban J connectivity index is 1.98. The molecule has 0 radical (unpaired) electrons. The molecule has 0 aliphatic carbocycles. The number of aliphatic imine (C=N–C) groups is 1. The number of ether oxygens (including phenoxy) is 1. The Bertz CT molecular complexity index is 933. The van der Waals surface area contributed by atoms with Crippen molar-refractivity contribution in [1.29, 1.82) is 0 Å². The molecule has 0 saturated carbocycles. The molecule has 0 fully saturated rings. The molecule has 0 saturated heterocycles. The Kier molecular flexibility index (Phi) is 7.89. The third kappa shape index (κ3) is 5.27. The molecule has 5 nitrogen and oxygen atoms in total. The largest absolute Gasteiger partial charge is 0.464 e. The van der Waals surface area contributed by atoms with Gasteiger partial charge in [0.25, 0.3) is 8.32 Å². The number of thioether (sulfide) groups is 1. The molecule has 0 aromatic heterocycles. The Hall–Kier alpha value is -1.93. The van der Waals surface area contributed by atoms with Gasteiger partial charge in [0.2, 0.25) is 0 Å². The lowest BCUT2D eigenvalue weighted by molar-refractivity contribution is -0.145. The first kappa shape index (κ1) is 25.7. The van der Waals surface area contributed by atoms with Gasteiger partial charge in [0.05, 0.1) is 11.7 Å². The van der Waals surface area contributed by atoms with Gasteiger partial charge in [0, 0.05) is 12.0 Å². The average Bonchev–Trinajstić information content (AvgIpc) is 3.18. The Labute approximate surface area is 202 Å². The summed E-state index contributed by atoms with van der Waals surface area (Å²) in [5.41, 5.74) is -1.42. The van der Waals surface area contributed by atoms with E-state index in [2.05, 4.69) is 88.1 Å².